The van der Waals surface area contributed by atoms with Crippen LogP contribution < -0.4 is 5.73 Å². The molecule has 2 N–H and O–H groups in total. The molecule has 1 saturated heterocycles. The van der Waals surface area contributed by atoms with Gasteiger partial charge < -0.3 is 10.5 Å². The Morgan fingerprint density at radius 2 is 2.07 bits per heavy atom. The molecule has 84 valence electrons. The first kappa shape index (κ1) is 11.0. The minimum Gasteiger partial charge on any atom is -0.375 e. The third-order valence-corrected chi connectivity index (χ3v) is 3.99. The Labute approximate surface area is 94.7 Å². The first-order valence-corrected chi connectivity index (χ1v) is 6.24. The average molecular weight is 226 g/mol. The average Bonchev–Trinajstić information content (AvgIpc) is 2.49. The second-order valence-electron chi connectivity index (χ2n) is 4.62. The molecule has 2 rings (SSSR count). The highest BCUT2D eigenvalue weighted by atomic mass is 32.1. The van der Waals surface area contributed by atoms with Crippen molar-refractivity contribution in [1.29, 1.82) is 0 Å². The van der Waals surface area contributed by atoms with Gasteiger partial charge in [-0.15, -0.1) is 11.3 Å². The molecular weight excluding hydrogens is 208 g/mol. The van der Waals surface area contributed by atoms with Crippen molar-refractivity contribution < 1.29 is 4.74 Å². The molecule has 4 heteroatoms. The molecule has 2 atom stereocenters. The van der Waals surface area contributed by atoms with Crippen LogP contribution >= 0.6 is 11.3 Å². The number of nitrogens with two attached hydrogens (primary N) is 1. The molecule has 2 unspecified atom stereocenters. The second kappa shape index (κ2) is 3.85. The predicted molar refractivity (Wildman–Crippen MR) is 62.0 cm³/mol. The molecule has 0 spiro atoms. The summed E-state index contributed by atoms with van der Waals surface area (Å²) in [4.78, 5) is 4.51. The maximum Gasteiger partial charge on any atom is 0.113 e. The topological polar surface area (TPSA) is 48.1 Å². The lowest BCUT2D eigenvalue weighted by molar-refractivity contribution is -0.0618. The monoisotopic (exact) mass is 226 g/mol. The molecule has 3 nitrogen and oxygen atoms in total. The van der Waals surface area contributed by atoms with E-state index >= 15 is 0 Å². The Balaban J connectivity index is 2.25. The van der Waals surface area contributed by atoms with E-state index in [2.05, 4.69) is 24.2 Å². The Morgan fingerprint density at radius 1 is 1.47 bits per heavy atom. The third-order valence-electron chi connectivity index (χ3n) is 2.81. The van der Waals surface area contributed by atoms with Crippen molar-refractivity contribution in [2.75, 3.05) is 0 Å². The van der Waals surface area contributed by atoms with E-state index in [0.717, 1.165) is 23.5 Å². The fourth-order valence-electron chi connectivity index (χ4n) is 2.36. The molecule has 1 aromatic rings. The number of nitrogens with zero attached hydrogens (tertiary/aromatic N) is 1. The van der Waals surface area contributed by atoms with Gasteiger partial charge in [0.05, 0.1) is 17.7 Å². The molecule has 0 aliphatic carbocycles. The van der Waals surface area contributed by atoms with Crippen LogP contribution in [0.2, 0.25) is 0 Å². The van der Waals surface area contributed by atoms with Gasteiger partial charge in [0, 0.05) is 11.1 Å². The highest BCUT2D eigenvalue weighted by molar-refractivity contribution is 7.09. The standard InChI is InChI=1S/C11H18N2OS/c1-7-6-15-10(13-7)11(12)4-8(2)14-9(3)5-11/h6,8-9H,4-5,12H2,1-3H3. The van der Waals surface area contributed by atoms with Gasteiger partial charge in [-0.2, -0.15) is 0 Å². The first-order chi connectivity index (χ1) is 6.99. The van der Waals surface area contributed by atoms with E-state index in [1.165, 1.54) is 0 Å². The Hall–Kier alpha value is -0.450. The zero-order valence-corrected chi connectivity index (χ0v) is 10.3. The van der Waals surface area contributed by atoms with Gasteiger partial charge in [-0.1, -0.05) is 0 Å². The van der Waals surface area contributed by atoms with Crippen molar-refractivity contribution in [2.24, 2.45) is 5.73 Å². The Kier molecular flexibility index (Phi) is 2.83. The summed E-state index contributed by atoms with van der Waals surface area (Å²) in [5, 5.41) is 3.12. The Bertz CT molecular complexity index is 340. The zero-order chi connectivity index (χ0) is 11.1. The fraction of sp³-hybridized carbons (Fsp3) is 0.727. The molecule has 0 radical (unpaired) electrons. The lowest BCUT2D eigenvalue weighted by Crippen LogP contribution is -2.47. The second-order valence-corrected chi connectivity index (χ2v) is 5.47. The quantitative estimate of drug-likeness (QED) is 0.798. The van der Waals surface area contributed by atoms with Crippen molar-refractivity contribution >= 4 is 11.3 Å². The fourth-order valence-corrected chi connectivity index (χ4v) is 3.29. The van der Waals surface area contributed by atoms with E-state index in [1.807, 2.05) is 6.92 Å². The Morgan fingerprint density at radius 3 is 2.53 bits per heavy atom. The summed E-state index contributed by atoms with van der Waals surface area (Å²) in [5.74, 6) is 0. The number of ether oxygens (including phenoxy) is 1. The number of aromatic nitrogens is 1. The minimum absolute atomic E-state index is 0.225. The number of thiazole rings is 1. The van der Waals surface area contributed by atoms with E-state index in [0.29, 0.717) is 0 Å². The van der Waals surface area contributed by atoms with Crippen molar-refractivity contribution in [1.82, 2.24) is 4.98 Å². The van der Waals surface area contributed by atoms with Crippen LogP contribution in [0.3, 0.4) is 0 Å². The molecule has 1 aliphatic rings. The summed E-state index contributed by atoms with van der Waals surface area (Å²) in [6.45, 7) is 6.17. The van der Waals surface area contributed by atoms with Gasteiger partial charge >= 0.3 is 0 Å². The zero-order valence-electron chi connectivity index (χ0n) is 9.49. The van der Waals surface area contributed by atoms with Gasteiger partial charge in [0.25, 0.3) is 0 Å². The summed E-state index contributed by atoms with van der Waals surface area (Å²) in [6.07, 6.45) is 2.18. The summed E-state index contributed by atoms with van der Waals surface area (Å²) < 4.78 is 5.71. The van der Waals surface area contributed by atoms with E-state index in [9.17, 15) is 0 Å². The van der Waals surface area contributed by atoms with Crippen molar-refractivity contribution in [3.05, 3.63) is 16.1 Å². The van der Waals surface area contributed by atoms with Gasteiger partial charge in [-0.3, -0.25) is 0 Å². The van der Waals surface area contributed by atoms with E-state index in [1.54, 1.807) is 11.3 Å². The normalized spacial score (nSPS) is 36.8. The smallest absolute Gasteiger partial charge is 0.113 e. The molecule has 0 aromatic carbocycles. The van der Waals surface area contributed by atoms with Crippen molar-refractivity contribution in [2.45, 2.75) is 51.4 Å². The number of aryl methyl sites for hydroxylation is 1. The number of rotatable bonds is 1. The van der Waals surface area contributed by atoms with Crippen LogP contribution in [-0.2, 0) is 10.3 Å². The van der Waals surface area contributed by atoms with Crippen LogP contribution in [-0.4, -0.2) is 17.2 Å². The highest BCUT2D eigenvalue weighted by Gasteiger charge is 2.38. The lowest BCUT2D eigenvalue weighted by atomic mass is 9.86. The molecule has 15 heavy (non-hydrogen) atoms. The van der Waals surface area contributed by atoms with Crippen LogP contribution in [0, 0.1) is 6.92 Å². The maximum absolute atomic E-state index is 6.44. The molecule has 0 bridgehead atoms. The van der Waals surface area contributed by atoms with Crippen LogP contribution in [0.1, 0.15) is 37.4 Å². The lowest BCUT2D eigenvalue weighted by Gasteiger charge is -2.38. The molecule has 1 fully saturated rings. The van der Waals surface area contributed by atoms with Gasteiger partial charge in [0.2, 0.25) is 0 Å². The molecule has 1 aliphatic heterocycles. The first-order valence-electron chi connectivity index (χ1n) is 5.36. The van der Waals surface area contributed by atoms with Crippen LogP contribution in [0.25, 0.3) is 0 Å². The summed E-state index contributed by atoms with van der Waals surface area (Å²) in [6, 6.07) is 0. The van der Waals surface area contributed by atoms with Crippen LogP contribution in [0.5, 0.6) is 0 Å². The van der Waals surface area contributed by atoms with Crippen LogP contribution in [0.15, 0.2) is 5.38 Å². The molecular formula is C11H18N2OS. The van der Waals surface area contributed by atoms with E-state index in [4.69, 9.17) is 10.5 Å². The largest absolute Gasteiger partial charge is 0.375 e. The van der Waals surface area contributed by atoms with E-state index < -0.39 is 0 Å². The highest BCUT2D eigenvalue weighted by Crippen LogP contribution is 2.36. The van der Waals surface area contributed by atoms with Crippen molar-refractivity contribution in [3.8, 4) is 0 Å². The van der Waals surface area contributed by atoms with Crippen molar-refractivity contribution in [3.63, 3.8) is 0 Å². The number of hydrogen-bond donors (Lipinski definition) is 1. The minimum atomic E-state index is -0.282. The molecule has 0 amide bonds. The van der Waals surface area contributed by atoms with E-state index in [-0.39, 0.29) is 17.7 Å². The molecule has 2 heterocycles. The summed E-state index contributed by atoms with van der Waals surface area (Å²) >= 11 is 1.67. The van der Waals surface area contributed by atoms with Gasteiger partial charge in [-0.25, -0.2) is 4.98 Å². The maximum atomic E-state index is 6.44. The van der Waals surface area contributed by atoms with Gasteiger partial charge in [-0.05, 0) is 33.6 Å². The SMILES string of the molecule is Cc1csc(C2(N)CC(C)OC(C)C2)n1. The summed E-state index contributed by atoms with van der Waals surface area (Å²) in [7, 11) is 0. The van der Waals surface area contributed by atoms with Gasteiger partial charge in [0.1, 0.15) is 5.01 Å². The molecule has 0 saturated carbocycles. The van der Waals surface area contributed by atoms with Gasteiger partial charge in [0.15, 0.2) is 0 Å². The molecule has 1 aromatic heterocycles. The number of hydrogen-bond acceptors (Lipinski definition) is 4. The van der Waals surface area contributed by atoms with Crippen LogP contribution in [0.4, 0.5) is 0 Å². The third kappa shape index (κ3) is 2.22. The predicted octanol–water partition coefficient (Wildman–Crippen LogP) is 2.19. The summed E-state index contributed by atoms with van der Waals surface area (Å²) in [5.41, 5.74) is 7.22.